The van der Waals surface area contributed by atoms with E-state index in [1.807, 2.05) is 26.0 Å². The third-order valence-electron chi connectivity index (χ3n) is 8.65. The quantitative estimate of drug-likeness (QED) is 0.753. The Hall–Kier alpha value is -0.670. The molecular formula is C22H36O3. The molecule has 25 heavy (non-hydrogen) atoms. The molecule has 0 spiro atoms. The van der Waals surface area contributed by atoms with E-state index in [0.29, 0.717) is 18.1 Å². The lowest BCUT2D eigenvalue weighted by Crippen LogP contribution is -2.62. The van der Waals surface area contributed by atoms with Crippen molar-refractivity contribution in [2.45, 2.75) is 78.9 Å². The van der Waals surface area contributed by atoms with Crippen molar-refractivity contribution in [2.24, 2.45) is 34.0 Å². The van der Waals surface area contributed by atoms with Crippen LogP contribution in [0.5, 0.6) is 0 Å². The number of Topliss-reactive ketones (excluding diaryl/α,β-unsaturated/α-hetero) is 1. The van der Waals surface area contributed by atoms with Crippen molar-refractivity contribution in [3.8, 4) is 0 Å². The number of carbonyl (C=O) groups excluding carboxylic acids is 1. The first-order chi connectivity index (χ1) is 11.7. The molecule has 3 nitrogen and oxygen atoms in total. The molecule has 0 aromatic carbocycles. The minimum atomic E-state index is -0.574. The fourth-order valence-electron chi connectivity index (χ4n) is 6.99. The Kier molecular flexibility index (Phi) is 4.73. The maximum absolute atomic E-state index is 13.6. The van der Waals surface area contributed by atoms with E-state index in [1.165, 1.54) is 0 Å². The maximum Gasteiger partial charge on any atom is 0.145 e. The lowest BCUT2D eigenvalue weighted by atomic mass is 9.44. The van der Waals surface area contributed by atoms with Gasteiger partial charge in [-0.25, -0.2) is 0 Å². The molecule has 2 bridgehead atoms. The SMILES string of the molecule is CC=C[C@]1(C)C[C@@H](O)[C@]2(C)C(C)CCC3(CC[C@@H](OC)C32)[C@@H](C)C1=O. The van der Waals surface area contributed by atoms with Gasteiger partial charge in [-0.15, -0.1) is 0 Å². The van der Waals surface area contributed by atoms with Gasteiger partial charge in [-0.2, -0.15) is 0 Å². The molecule has 0 heterocycles. The molecule has 142 valence electrons. The predicted molar refractivity (Wildman–Crippen MR) is 100 cm³/mol. The number of hydrogen-bond donors (Lipinski definition) is 1. The first-order valence-electron chi connectivity index (χ1n) is 10.1. The second-order valence-electron chi connectivity index (χ2n) is 9.55. The molecule has 0 amide bonds. The molecule has 0 aliphatic heterocycles. The zero-order valence-corrected chi connectivity index (χ0v) is 16.8. The van der Waals surface area contributed by atoms with Gasteiger partial charge >= 0.3 is 0 Å². The number of aliphatic hydroxyl groups is 1. The van der Waals surface area contributed by atoms with Crippen LogP contribution >= 0.6 is 0 Å². The number of rotatable bonds is 2. The summed E-state index contributed by atoms with van der Waals surface area (Å²) in [5.74, 6) is 1.02. The summed E-state index contributed by atoms with van der Waals surface area (Å²) >= 11 is 0. The molecule has 3 rings (SSSR count). The molecule has 3 aliphatic rings. The number of methoxy groups -OCH3 is 1. The van der Waals surface area contributed by atoms with Crippen LogP contribution < -0.4 is 0 Å². The van der Waals surface area contributed by atoms with E-state index < -0.39 is 11.5 Å². The minimum absolute atomic E-state index is 0.0122. The van der Waals surface area contributed by atoms with Gasteiger partial charge in [0.05, 0.1) is 12.2 Å². The average Bonchev–Trinajstić information content (AvgIpc) is 2.97. The highest BCUT2D eigenvalue weighted by Gasteiger charge is 2.67. The standard InChI is InChI=1S/C22H36O3/c1-7-10-20(4)13-17(23)21(5)14(2)8-11-22(15(3)19(20)24)12-9-16(25-6)18(21)22/h7,10,14-18,23H,8-9,11-13H2,1-6H3/t14?,15-,16+,17+,18?,20+,21-,22?/m0/s1. The lowest BCUT2D eigenvalue weighted by molar-refractivity contribution is -0.188. The van der Waals surface area contributed by atoms with Gasteiger partial charge in [0.15, 0.2) is 0 Å². The van der Waals surface area contributed by atoms with E-state index in [2.05, 4.69) is 20.8 Å². The molecule has 3 heteroatoms. The summed E-state index contributed by atoms with van der Waals surface area (Å²) in [6, 6.07) is 0. The topological polar surface area (TPSA) is 46.5 Å². The van der Waals surface area contributed by atoms with E-state index in [0.717, 1.165) is 25.7 Å². The Morgan fingerprint density at radius 2 is 1.84 bits per heavy atom. The van der Waals surface area contributed by atoms with Gasteiger partial charge in [0.2, 0.25) is 0 Å². The summed E-state index contributed by atoms with van der Waals surface area (Å²) in [7, 11) is 1.80. The molecular weight excluding hydrogens is 312 g/mol. The number of aliphatic hydroxyl groups excluding tert-OH is 1. The summed E-state index contributed by atoms with van der Waals surface area (Å²) < 4.78 is 5.92. The normalized spacial score (nSPS) is 53.6. The largest absolute Gasteiger partial charge is 0.392 e. The zero-order valence-electron chi connectivity index (χ0n) is 16.8. The monoisotopic (exact) mass is 348 g/mol. The lowest BCUT2D eigenvalue weighted by Gasteiger charge is -2.61. The van der Waals surface area contributed by atoms with Crippen molar-refractivity contribution in [1.82, 2.24) is 0 Å². The van der Waals surface area contributed by atoms with Crippen molar-refractivity contribution >= 4 is 5.78 Å². The first kappa shape index (κ1) is 19.1. The van der Waals surface area contributed by atoms with Crippen molar-refractivity contribution in [3.05, 3.63) is 12.2 Å². The van der Waals surface area contributed by atoms with Crippen molar-refractivity contribution in [1.29, 1.82) is 0 Å². The van der Waals surface area contributed by atoms with E-state index >= 15 is 0 Å². The molecule has 0 aromatic rings. The van der Waals surface area contributed by atoms with Crippen LogP contribution in [-0.2, 0) is 9.53 Å². The first-order valence-corrected chi connectivity index (χ1v) is 10.1. The molecule has 1 N–H and O–H groups in total. The zero-order chi connectivity index (χ0) is 18.6. The Bertz CT molecular complexity index is 570. The van der Waals surface area contributed by atoms with Gasteiger partial charge < -0.3 is 9.84 Å². The Labute approximate surface area is 153 Å². The molecule has 3 saturated carbocycles. The van der Waals surface area contributed by atoms with Gasteiger partial charge in [-0.3, -0.25) is 4.79 Å². The van der Waals surface area contributed by atoms with Gasteiger partial charge in [0.25, 0.3) is 0 Å². The van der Waals surface area contributed by atoms with Crippen LogP contribution in [0.4, 0.5) is 0 Å². The Morgan fingerprint density at radius 3 is 2.44 bits per heavy atom. The average molecular weight is 349 g/mol. The number of ketones is 1. The van der Waals surface area contributed by atoms with Crippen molar-refractivity contribution in [3.63, 3.8) is 0 Å². The van der Waals surface area contributed by atoms with Crippen molar-refractivity contribution in [2.75, 3.05) is 7.11 Å². The van der Waals surface area contributed by atoms with E-state index in [-0.39, 0.29) is 28.8 Å². The van der Waals surface area contributed by atoms with Crippen LogP contribution in [0.3, 0.4) is 0 Å². The van der Waals surface area contributed by atoms with E-state index in [9.17, 15) is 9.90 Å². The van der Waals surface area contributed by atoms with Crippen molar-refractivity contribution < 1.29 is 14.6 Å². The fraction of sp³-hybridized carbons (Fsp3) is 0.864. The Balaban J connectivity index is 2.20. The number of allylic oxidation sites excluding steroid dienone is 2. The van der Waals surface area contributed by atoms with Gasteiger partial charge in [0.1, 0.15) is 5.78 Å². The number of ether oxygens (including phenoxy) is 1. The fourth-order valence-corrected chi connectivity index (χ4v) is 6.99. The summed E-state index contributed by atoms with van der Waals surface area (Å²) in [4.78, 5) is 13.6. The van der Waals surface area contributed by atoms with Crippen LogP contribution in [-0.4, -0.2) is 30.2 Å². The van der Waals surface area contributed by atoms with Crippen LogP contribution in [0, 0.1) is 34.0 Å². The maximum atomic E-state index is 13.6. The summed E-state index contributed by atoms with van der Waals surface area (Å²) in [5.41, 5.74) is -0.800. The highest BCUT2D eigenvalue weighted by molar-refractivity contribution is 5.89. The van der Waals surface area contributed by atoms with Crippen LogP contribution in [0.25, 0.3) is 0 Å². The molecule has 3 aliphatic carbocycles. The minimum Gasteiger partial charge on any atom is -0.392 e. The van der Waals surface area contributed by atoms with Crippen LogP contribution in [0.15, 0.2) is 12.2 Å². The van der Waals surface area contributed by atoms with E-state index in [4.69, 9.17) is 4.74 Å². The highest BCUT2D eigenvalue weighted by Crippen LogP contribution is 2.68. The van der Waals surface area contributed by atoms with E-state index in [1.54, 1.807) is 7.11 Å². The predicted octanol–water partition coefficient (Wildman–Crippen LogP) is 4.39. The van der Waals surface area contributed by atoms with Gasteiger partial charge in [0, 0.05) is 23.9 Å². The van der Waals surface area contributed by atoms with Crippen LogP contribution in [0.2, 0.25) is 0 Å². The smallest absolute Gasteiger partial charge is 0.145 e. The third kappa shape index (κ3) is 2.41. The summed E-state index contributed by atoms with van der Waals surface area (Å²) in [6.07, 6.45) is 8.42. The molecule has 3 fully saturated rings. The van der Waals surface area contributed by atoms with Gasteiger partial charge in [-0.05, 0) is 63.2 Å². The third-order valence-corrected chi connectivity index (χ3v) is 8.65. The molecule has 3 unspecified atom stereocenters. The number of hydrogen-bond acceptors (Lipinski definition) is 3. The Morgan fingerprint density at radius 1 is 1.20 bits per heavy atom. The molecule has 0 aromatic heterocycles. The second-order valence-corrected chi connectivity index (χ2v) is 9.55. The van der Waals surface area contributed by atoms with Gasteiger partial charge in [-0.1, -0.05) is 32.9 Å². The highest BCUT2D eigenvalue weighted by atomic mass is 16.5. The second kappa shape index (κ2) is 6.20. The molecule has 0 saturated heterocycles. The van der Waals surface area contributed by atoms with Crippen LogP contribution in [0.1, 0.15) is 66.7 Å². The number of carbonyl (C=O) groups is 1. The molecule has 8 atom stereocenters. The summed E-state index contributed by atoms with van der Waals surface area (Å²) in [5, 5.41) is 11.4. The summed E-state index contributed by atoms with van der Waals surface area (Å²) in [6.45, 7) is 10.7. The molecule has 0 radical (unpaired) electrons.